The first-order chi connectivity index (χ1) is 13.9. The maximum absolute atomic E-state index is 13.5. The second-order valence-electron chi connectivity index (χ2n) is 6.75. The van der Waals surface area contributed by atoms with Crippen molar-refractivity contribution in [2.75, 3.05) is 7.11 Å². The highest BCUT2D eigenvalue weighted by Crippen LogP contribution is 2.30. The third-order valence-corrected chi connectivity index (χ3v) is 6.66. The molecule has 0 saturated heterocycles. The first-order valence-corrected chi connectivity index (χ1v) is 10.5. The molecule has 4 rings (SSSR count). The van der Waals surface area contributed by atoms with Gasteiger partial charge < -0.3 is 9.72 Å². The van der Waals surface area contributed by atoms with Crippen LogP contribution in [0.5, 0.6) is 5.75 Å². The number of sulfone groups is 1. The molecule has 1 aromatic heterocycles. The van der Waals surface area contributed by atoms with Gasteiger partial charge in [0.25, 0.3) is 0 Å². The van der Waals surface area contributed by atoms with E-state index in [1.807, 2.05) is 6.92 Å². The number of fused-ring (bicyclic) bond motifs is 1. The molecule has 0 aliphatic heterocycles. The van der Waals surface area contributed by atoms with E-state index in [9.17, 15) is 13.2 Å². The van der Waals surface area contributed by atoms with E-state index in [0.717, 1.165) is 5.56 Å². The number of methoxy groups -OCH3 is 1. The Balaban J connectivity index is 2.06. The molecular weight excluding hydrogens is 386 g/mol. The smallest absolute Gasteiger partial charge is 0.212 e. The lowest BCUT2D eigenvalue weighted by Gasteiger charge is -2.13. The molecule has 0 saturated carbocycles. The summed E-state index contributed by atoms with van der Waals surface area (Å²) in [5.41, 5.74) is 1.83. The Labute approximate surface area is 168 Å². The van der Waals surface area contributed by atoms with Crippen molar-refractivity contribution in [3.8, 4) is 17.0 Å². The van der Waals surface area contributed by atoms with Crippen LogP contribution < -0.4 is 10.2 Å². The van der Waals surface area contributed by atoms with Crippen LogP contribution in [-0.4, -0.2) is 20.5 Å². The Bertz CT molecular complexity index is 1350. The molecule has 0 amide bonds. The summed E-state index contributed by atoms with van der Waals surface area (Å²) in [6.45, 7) is 1.88. The number of aromatic amines is 1. The summed E-state index contributed by atoms with van der Waals surface area (Å²) in [6.07, 6.45) is 0. The van der Waals surface area contributed by atoms with E-state index in [2.05, 4.69) is 4.98 Å². The summed E-state index contributed by atoms with van der Waals surface area (Å²) in [5, 5.41) is 0.329. The fraction of sp³-hybridized carbons (Fsp3) is 0.0870. The highest BCUT2D eigenvalue weighted by atomic mass is 32.2. The molecule has 0 unspecified atom stereocenters. The Morgan fingerprint density at radius 1 is 0.862 bits per heavy atom. The predicted octanol–water partition coefficient (Wildman–Crippen LogP) is 4.34. The zero-order valence-corrected chi connectivity index (χ0v) is 16.8. The molecule has 0 fully saturated rings. The van der Waals surface area contributed by atoms with Gasteiger partial charge in [0.1, 0.15) is 10.6 Å². The number of benzene rings is 3. The molecule has 146 valence electrons. The number of rotatable bonds is 4. The molecule has 0 spiro atoms. The minimum absolute atomic E-state index is 0.0821. The van der Waals surface area contributed by atoms with Gasteiger partial charge in [-0.15, -0.1) is 0 Å². The zero-order valence-electron chi connectivity index (χ0n) is 16.0. The topological polar surface area (TPSA) is 76.2 Å². The van der Waals surface area contributed by atoms with Gasteiger partial charge in [-0.3, -0.25) is 4.79 Å². The number of para-hydroxylation sites is 1. The lowest BCUT2D eigenvalue weighted by atomic mass is 10.1. The first kappa shape index (κ1) is 19.0. The van der Waals surface area contributed by atoms with Crippen molar-refractivity contribution < 1.29 is 13.2 Å². The van der Waals surface area contributed by atoms with Crippen molar-refractivity contribution in [2.45, 2.75) is 16.7 Å². The van der Waals surface area contributed by atoms with E-state index in [4.69, 9.17) is 4.74 Å². The van der Waals surface area contributed by atoms with Crippen LogP contribution in [0.1, 0.15) is 5.56 Å². The zero-order chi connectivity index (χ0) is 20.6. The molecule has 3 aromatic carbocycles. The lowest BCUT2D eigenvalue weighted by molar-refractivity contribution is 0.415. The fourth-order valence-corrected chi connectivity index (χ4v) is 4.79. The number of aromatic nitrogens is 1. The summed E-state index contributed by atoms with van der Waals surface area (Å²) in [5.74, 6) is 0.639. The number of ether oxygens (including phenoxy) is 1. The van der Waals surface area contributed by atoms with Crippen molar-refractivity contribution in [2.24, 2.45) is 0 Å². The van der Waals surface area contributed by atoms with Gasteiger partial charge in [-0.25, -0.2) is 8.42 Å². The molecule has 0 bridgehead atoms. The number of hydrogen-bond acceptors (Lipinski definition) is 4. The van der Waals surface area contributed by atoms with Crippen LogP contribution in [0, 0.1) is 6.92 Å². The van der Waals surface area contributed by atoms with Crippen LogP contribution in [0.4, 0.5) is 0 Å². The molecule has 0 aliphatic carbocycles. The molecule has 0 radical (unpaired) electrons. The molecule has 29 heavy (non-hydrogen) atoms. The van der Waals surface area contributed by atoms with Gasteiger partial charge in [-0.1, -0.05) is 29.8 Å². The average molecular weight is 405 g/mol. The highest BCUT2D eigenvalue weighted by molar-refractivity contribution is 7.91. The van der Waals surface area contributed by atoms with Gasteiger partial charge in [0.05, 0.1) is 17.7 Å². The van der Waals surface area contributed by atoms with Gasteiger partial charge >= 0.3 is 0 Å². The quantitative estimate of drug-likeness (QED) is 0.548. The van der Waals surface area contributed by atoms with Crippen molar-refractivity contribution in [1.29, 1.82) is 0 Å². The fourth-order valence-electron chi connectivity index (χ4n) is 3.27. The standard InChI is InChI=1S/C23H19NO4S/c1-15-7-13-18(14-8-15)29(26,27)23-21(16-9-11-17(28-2)12-10-16)24-20-6-4-3-5-19(20)22(23)25/h3-14H,1-2H3,(H,24,25). The highest BCUT2D eigenvalue weighted by Gasteiger charge is 2.27. The molecule has 1 N–H and O–H groups in total. The monoisotopic (exact) mass is 405 g/mol. The Morgan fingerprint density at radius 2 is 1.52 bits per heavy atom. The average Bonchev–Trinajstić information content (AvgIpc) is 2.74. The summed E-state index contributed by atoms with van der Waals surface area (Å²) in [7, 11) is -2.49. The van der Waals surface area contributed by atoms with Gasteiger partial charge in [0.2, 0.25) is 15.3 Å². The van der Waals surface area contributed by atoms with Crippen molar-refractivity contribution in [3.05, 3.63) is 88.6 Å². The summed E-state index contributed by atoms with van der Waals surface area (Å²) < 4.78 is 32.2. The molecule has 1 heterocycles. The molecule has 5 nitrogen and oxygen atoms in total. The number of aryl methyl sites for hydroxylation is 1. The second-order valence-corrected chi connectivity index (χ2v) is 8.64. The molecule has 6 heteroatoms. The maximum atomic E-state index is 13.5. The van der Waals surface area contributed by atoms with E-state index in [-0.39, 0.29) is 15.5 Å². The third kappa shape index (κ3) is 3.32. The maximum Gasteiger partial charge on any atom is 0.212 e. The Hall–Kier alpha value is -3.38. The van der Waals surface area contributed by atoms with Crippen LogP contribution in [0.3, 0.4) is 0 Å². The third-order valence-electron chi connectivity index (χ3n) is 4.84. The number of hydrogen-bond donors (Lipinski definition) is 1. The van der Waals surface area contributed by atoms with Crippen molar-refractivity contribution >= 4 is 20.7 Å². The normalized spacial score (nSPS) is 11.5. The SMILES string of the molecule is COc1ccc(-c2[nH]c3ccccc3c(=O)c2S(=O)(=O)c2ccc(C)cc2)cc1. The van der Waals surface area contributed by atoms with E-state index in [1.165, 1.54) is 12.1 Å². The van der Waals surface area contributed by atoms with Crippen molar-refractivity contribution in [1.82, 2.24) is 4.98 Å². The van der Waals surface area contributed by atoms with Crippen LogP contribution in [0.25, 0.3) is 22.2 Å². The summed E-state index contributed by atoms with van der Waals surface area (Å²) in [6, 6.07) is 20.3. The number of H-pyrrole nitrogens is 1. The summed E-state index contributed by atoms with van der Waals surface area (Å²) >= 11 is 0. The van der Waals surface area contributed by atoms with E-state index in [0.29, 0.717) is 22.2 Å². The number of nitrogens with one attached hydrogen (secondary N) is 1. The van der Waals surface area contributed by atoms with Gasteiger partial charge in [-0.05, 0) is 61.0 Å². The predicted molar refractivity (Wildman–Crippen MR) is 113 cm³/mol. The van der Waals surface area contributed by atoms with E-state index < -0.39 is 15.3 Å². The van der Waals surface area contributed by atoms with E-state index in [1.54, 1.807) is 67.8 Å². The van der Waals surface area contributed by atoms with Crippen LogP contribution in [0.15, 0.2) is 87.4 Å². The largest absolute Gasteiger partial charge is 0.497 e. The first-order valence-electron chi connectivity index (χ1n) is 9.03. The minimum Gasteiger partial charge on any atom is -0.497 e. The van der Waals surface area contributed by atoms with Gasteiger partial charge in [-0.2, -0.15) is 0 Å². The van der Waals surface area contributed by atoms with Gasteiger partial charge in [0, 0.05) is 10.9 Å². The van der Waals surface area contributed by atoms with E-state index >= 15 is 0 Å². The van der Waals surface area contributed by atoms with Gasteiger partial charge in [0.15, 0.2) is 0 Å². The second kappa shape index (κ2) is 7.22. The van der Waals surface area contributed by atoms with Crippen LogP contribution >= 0.6 is 0 Å². The molecule has 4 aromatic rings. The Morgan fingerprint density at radius 3 is 2.17 bits per heavy atom. The molecular formula is C23H19NO4S. The van der Waals surface area contributed by atoms with Crippen molar-refractivity contribution in [3.63, 3.8) is 0 Å². The minimum atomic E-state index is -4.05. The van der Waals surface area contributed by atoms with Crippen LogP contribution in [0.2, 0.25) is 0 Å². The number of pyridine rings is 1. The molecule has 0 aliphatic rings. The Kier molecular flexibility index (Phi) is 4.72. The lowest BCUT2D eigenvalue weighted by Crippen LogP contribution is -2.18. The van der Waals surface area contributed by atoms with Crippen LogP contribution in [-0.2, 0) is 9.84 Å². The molecule has 0 atom stereocenters. The summed E-state index contributed by atoms with van der Waals surface area (Å²) in [4.78, 5) is 16.3.